The van der Waals surface area contributed by atoms with E-state index in [0.717, 1.165) is 22.0 Å². The maximum absolute atomic E-state index is 12.6. The number of carbonyl (C=O) groups excluding carboxylic acids is 1. The topological polar surface area (TPSA) is 95.7 Å². The van der Waals surface area contributed by atoms with Crippen LogP contribution in [-0.4, -0.2) is 55.7 Å². The molecular weight excluding hydrogens is 390 g/mol. The summed E-state index contributed by atoms with van der Waals surface area (Å²) in [6, 6.07) is 5.65. The Kier molecular flexibility index (Phi) is 8.29. The first kappa shape index (κ1) is 23.0. The smallest absolute Gasteiger partial charge is 0.273 e. The van der Waals surface area contributed by atoms with Crippen LogP contribution in [0.5, 0.6) is 5.75 Å². The summed E-state index contributed by atoms with van der Waals surface area (Å²) >= 11 is 1.28. The number of methoxy groups -OCH3 is 2. The average molecular weight is 418 g/mol. The number of nitrogens with one attached hydrogen (secondary N) is 1. The minimum atomic E-state index is -0.984. The van der Waals surface area contributed by atoms with E-state index in [4.69, 9.17) is 19.9 Å². The number of benzene rings is 1. The predicted octanol–water partition coefficient (Wildman–Crippen LogP) is 2.05. The molecule has 7 nitrogen and oxygen atoms in total. The van der Waals surface area contributed by atoms with Crippen molar-refractivity contribution in [3.63, 3.8) is 0 Å². The number of carbonyl (C=O) groups is 1. The van der Waals surface area contributed by atoms with Crippen molar-refractivity contribution < 1.29 is 19.0 Å². The molecule has 1 aromatic heterocycles. The summed E-state index contributed by atoms with van der Waals surface area (Å²) in [5.41, 5.74) is 6.86. The number of ether oxygens (including phenoxy) is 3. The molecule has 0 aliphatic rings. The van der Waals surface area contributed by atoms with E-state index in [1.165, 1.54) is 18.9 Å². The van der Waals surface area contributed by atoms with Crippen LogP contribution < -0.4 is 15.8 Å². The first-order valence-electron chi connectivity index (χ1n) is 8.97. The zero-order valence-electron chi connectivity index (χ0n) is 17.4. The van der Waals surface area contributed by atoms with Crippen LogP contribution >= 0.6 is 11.8 Å². The van der Waals surface area contributed by atoms with Crippen molar-refractivity contribution >= 4 is 28.6 Å². The Hall–Kier alpha value is -2.31. The molecule has 0 bridgehead atoms. The van der Waals surface area contributed by atoms with Gasteiger partial charge in [-0.15, -0.1) is 11.8 Å². The number of aryl methyl sites for hydroxylation is 1. The van der Waals surface area contributed by atoms with E-state index in [2.05, 4.69) is 22.1 Å². The third-order valence-electron chi connectivity index (χ3n) is 3.92. The molecule has 0 aliphatic heterocycles. The quantitative estimate of drug-likeness (QED) is 0.501. The molecule has 0 aliphatic carbocycles. The number of nitrogens with two attached hydrogens (primary N) is 1. The summed E-state index contributed by atoms with van der Waals surface area (Å²) in [4.78, 5) is 17.1. The maximum atomic E-state index is 12.6. The summed E-state index contributed by atoms with van der Waals surface area (Å²) < 4.78 is 15.9. The standard InChI is InChI=1S/C21H27N3O4S/c1-14-9-17(28-20(29-5)19(25)24-21(2,22)13-27-4)11-16-10-15(7-6-8-26-3)12-23-18(14)16/h9-12,20H,8,13,22H2,1-5H3,(H,24,25). The van der Waals surface area contributed by atoms with Crippen LogP contribution in [-0.2, 0) is 14.3 Å². The zero-order chi connectivity index (χ0) is 21.4. The lowest BCUT2D eigenvalue weighted by Crippen LogP contribution is -2.59. The van der Waals surface area contributed by atoms with Gasteiger partial charge in [-0.05, 0) is 43.9 Å². The normalized spacial score (nSPS) is 13.9. The van der Waals surface area contributed by atoms with Gasteiger partial charge in [0.2, 0.25) is 5.44 Å². The second kappa shape index (κ2) is 10.5. The second-order valence-electron chi connectivity index (χ2n) is 6.80. The Morgan fingerprint density at radius 3 is 2.76 bits per heavy atom. The molecule has 2 unspecified atom stereocenters. The summed E-state index contributed by atoms with van der Waals surface area (Å²) in [6.07, 6.45) is 3.53. The van der Waals surface area contributed by atoms with E-state index < -0.39 is 11.1 Å². The molecule has 1 heterocycles. The van der Waals surface area contributed by atoms with Gasteiger partial charge in [0.15, 0.2) is 0 Å². The highest BCUT2D eigenvalue weighted by atomic mass is 32.2. The van der Waals surface area contributed by atoms with Gasteiger partial charge >= 0.3 is 0 Å². The van der Waals surface area contributed by atoms with Crippen LogP contribution in [0.15, 0.2) is 24.4 Å². The molecule has 1 amide bonds. The van der Waals surface area contributed by atoms with Crippen LogP contribution in [0.4, 0.5) is 0 Å². The fourth-order valence-electron chi connectivity index (χ4n) is 2.75. The molecule has 0 radical (unpaired) electrons. The number of pyridine rings is 1. The molecule has 3 N–H and O–H groups in total. The minimum absolute atomic E-state index is 0.188. The first-order chi connectivity index (χ1) is 13.8. The van der Waals surface area contributed by atoms with Crippen molar-refractivity contribution in [1.82, 2.24) is 10.3 Å². The maximum Gasteiger partial charge on any atom is 0.273 e. The summed E-state index contributed by atoms with van der Waals surface area (Å²) in [7, 11) is 3.13. The Balaban J connectivity index is 2.25. The molecule has 29 heavy (non-hydrogen) atoms. The largest absolute Gasteiger partial charge is 0.470 e. The van der Waals surface area contributed by atoms with Gasteiger partial charge in [-0.25, -0.2) is 0 Å². The minimum Gasteiger partial charge on any atom is -0.470 e. The van der Waals surface area contributed by atoms with Crippen molar-refractivity contribution in [1.29, 1.82) is 0 Å². The number of amides is 1. The highest BCUT2D eigenvalue weighted by molar-refractivity contribution is 7.99. The number of fused-ring (bicyclic) bond motifs is 1. The van der Waals surface area contributed by atoms with E-state index in [9.17, 15) is 4.79 Å². The van der Waals surface area contributed by atoms with Crippen molar-refractivity contribution in [2.45, 2.75) is 24.9 Å². The molecule has 0 fully saturated rings. The molecule has 1 aromatic carbocycles. The van der Waals surface area contributed by atoms with Crippen molar-refractivity contribution in [3.8, 4) is 17.6 Å². The van der Waals surface area contributed by atoms with Crippen LogP contribution in [0.3, 0.4) is 0 Å². The average Bonchev–Trinajstić information content (AvgIpc) is 2.65. The number of hydrogen-bond acceptors (Lipinski definition) is 7. The van der Waals surface area contributed by atoms with Gasteiger partial charge in [0, 0.05) is 31.4 Å². The van der Waals surface area contributed by atoms with Gasteiger partial charge in [-0.3, -0.25) is 9.78 Å². The van der Waals surface area contributed by atoms with E-state index in [1.54, 1.807) is 26.5 Å². The Morgan fingerprint density at radius 1 is 1.34 bits per heavy atom. The highest BCUT2D eigenvalue weighted by Crippen LogP contribution is 2.26. The third-order valence-corrected chi connectivity index (χ3v) is 4.66. The van der Waals surface area contributed by atoms with E-state index in [-0.39, 0.29) is 12.5 Å². The highest BCUT2D eigenvalue weighted by Gasteiger charge is 2.27. The zero-order valence-corrected chi connectivity index (χ0v) is 18.2. The van der Waals surface area contributed by atoms with Gasteiger partial charge < -0.3 is 25.3 Å². The van der Waals surface area contributed by atoms with Crippen LogP contribution in [0, 0.1) is 18.8 Å². The van der Waals surface area contributed by atoms with Crippen molar-refractivity contribution in [2.75, 3.05) is 33.7 Å². The molecule has 2 rings (SSSR count). The number of aromatic nitrogens is 1. The fraction of sp³-hybridized carbons (Fsp3) is 0.429. The number of nitrogens with zero attached hydrogens (tertiary/aromatic N) is 1. The molecule has 2 atom stereocenters. The molecule has 156 valence electrons. The fourth-order valence-corrected chi connectivity index (χ4v) is 3.23. The van der Waals surface area contributed by atoms with E-state index in [1.807, 2.05) is 25.1 Å². The molecule has 0 spiro atoms. The van der Waals surface area contributed by atoms with Crippen LogP contribution in [0.25, 0.3) is 10.9 Å². The lowest BCUT2D eigenvalue weighted by Gasteiger charge is -2.27. The lowest BCUT2D eigenvalue weighted by atomic mass is 10.1. The summed E-state index contributed by atoms with van der Waals surface area (Å²) in [5, 5.41) is 3.63. The predicted molar refractivity (Wildman–Crippen MR) is 116 cm³/mol. The SMILES string of the molecule is COCC#Cc1cnc2c(C)cc(OC(SC)C(=O)NC(C)(N)COC)cc2c1. The van der Waals surface area contributed by atoms with E-state index in [0.29, 0.717) is 12.4 Å². The monoisotopic (exact) mass is 417 g/mol. The van der Waals surface area contributed by atoms with Crippen molar-refractivity contribution in [2.24, 2.45) is 5.73 Å². The molecule has 8 heteroatoms. The van der Waals surface area contributed by atoms with Gasteiger partial charge in [0.1, 0.15) is 18.0 Å². The Bertz CT molecular complexity index is 921. The Labute approximate surface area is 175 Å². The summed E-state index contributed by atoms with van der Waals surface area (Å²) in [5.74, 6) is 6.17. The van der Waals surface area contributed by atoms with Gasteiger partial charge in [-0.2, -0.15) is 0 Å². The molecule has 2 aromatic rings. The molecule has 0 saturated carbocycles. The van der Waals surface area contributed by atoms with Crippen molar-refractivity contribution in [3.05, 3.63) is 35.5 Å². The van der Waals surface area contributed by atoms with Gasteiger partial charge in [0.25, 0.3) is 5.91 Å². The Morgan fingerprint density at radius 2 is 2.10 bits per heavy atom. The van der Waals surface area contributed by atoms with Crippen LogP contribution in [0.2, 0.25) is 0 Å². The molecular formula is C21H27N3O4S. The van der Waals surface area contributed by atoms with E-state index >= 15 is 0 Å². The number of hydrogen-bond donors (Lipinski definition) is 2. The number of thioether (sulfide) groups is 1. The molecule has 0 saturated heterocycles. The second-order valence-corrected chi connectivity index (χ2v) is 7.70. The summed E-state index contributed by atoms with van der Waals surface area (Å²) in [6.45, 7) is 4.17. The number of rotatable bonds is 8. The first-order valence-corrected chi connectivity index (χ1v) is 10.3. The lowest BCUT2D eigenvalue weighted by molar-refractivity contribution is -0.126. The van der Waals surface area contributed by atoms with Crippen LogP contribution in [0.1, 0.15) is 18.1 Å². The van der Waals surface area contributed by atoms with Gasteiger partial charge in [0.05, 0.1) is 12.1 Å². The third kappa shape index (κ3) is 6.61. The van der Waals surface area contributed by atoms with Gasteiger partial charge in [-0.1, -0.05) is 11.8 Å².